The summed E-state index contributed by atoms with van der Waals surface area (Å²) >= 11 is 0. The molecule has 6 rings (SSSR count). The zero-order valence-corrected chi connectivity index (χ0v) is 26.5. The molecule has 0 saturated carbocycles. The Hall–Kier alpha value is -3.90. The van der Waals surface area contributed by atoms with Crippen molar-refractivity contribution >= 4 is 0 Å². The maximum Gasteiger partial charge on any atom is 0.0308 e. The molecular weight excluding hydrogens is 550 g/mol. The van der Waals surface area contributed by atoms with Crippen molar-refractivity contribution in [2.45, 2.75) is 0 Å². The molecule has 230 valence electrons. The van der Waals surface area contributed by atoms with Crippen LogP contribution in [0, 0.1) is 0 Å². The first kappa shape index (κ1) is 31.1. The van der Waals surface area contributed by atoms with Gasteiger partial charge in [0.2, 0.25) is 0 Å². The molecule has 0 bridgehead atoms. The maximum atomic E-state index is 3.45. The van der Waals surface area contributed by atoms with Crippen molar-refractivity contribution in [1.82, 2.24) is 24.5 Å². The molecule has 0 unspecified atom stereocenters. The third kappa shape index (κ3) is 10.1. The van der Waals surface area contributed by atoms with Crippen molar-refractivity contribution in [3.8, 4) is 0 Å². The smallest absolute Gasteiger partial charge is 0.0308 e. The van der Waals surface area contributed by atoms with E-state index in [2.05, 4.69) is 114 Å². The lowest BCUT2D eigenvalue weighted by Gasteiger charge is -2.31. The zero-order valence-electron chi connectivity index (χ0n) is 26.5. The summed E-state index contributed by atoms with van der Waals surface area (Å²) in [4.78, 5) is 13.1. The van der Waals surface area contributed by atoms with Crippen LogP contribution in [-0.4, -0.2) is 123 Å². The standard InChI is InChI=1S/C40H45N5/c1-2-12-36(11-1)31-41-21-23-42(32-37-13-3-4-14-37)25-27-44(34-39-17-7-8-18-39)29-30-45(35-40-19-9-10-20-40)28-26-43(24-22-41)33-38-15-5-6-16-38/h1-11,13,15,17,19H,21-35H2. The van der Waals surface area contributed by atoms with Gasteiger partial charge in [0.05, 0.1) is 0 Å². The van der Waals surface area contributed by atoms with Crippen LogP contribution in [-0.2, 0) is 0 Å². The Labute approximate surface area is 269 Å². The molecule has 0 aromatic heterocycles. The summed E-state index contributed by atoms with van der Waals surface area (Å²) < 4.78 is 0. The van der Waals surface area contributed by atoms with Crippen LogP contribution in [0.1, 0.15) is 0 Å². The molecule has 0 N–H and O–H groups in total. The second-order valence-corrected chi connectivity index (χ2v) is 12.4. The third-order valence-electron chi connectivity index (χ3n) is 8.94. The van der Waals surface area contributed by atoms with Crippen LogP contribution in [0.15, 0.2) is 148 Å². The van der Waals surface area contributed by atoms with Crippen molar-refractivity contribution in [2.24, 2.45) is 0 Å². The van der Waals surface area contributed by atoms with Crippen LogP contribution in [0.3, 0.4) is 0 Å². The van der Waals surface area contributed by atoms with Gasteiger partial charge in [0, 0.05) is 126 Å². The Kier molecular flexibility index (Phi) is 11.3. The van der Waals surface area contributed by atoms with Crippen molar-refractivity contribution < 1.29 is 0 Å². The molecule has 45 heavy (non-hydrogen) atoms. The summed E-state index contributed by atoms with van der Waals surface area (Å²) in [6.45, 7) is 14.8. The van der Waals surface area contributed by atoms with Gasteiger partial charge in [-0.2, -0.15) is 0 Å². The predicted molar refractivity (Wildman–Crippen MR) is 186 cm³/mol. The summed E-state index contributed by atoms with van der Waals surface area (Å²) in [5.41, 5.74) is 23.6. The van der Waals surface area contributed by atoms with Crippen LogP contribution in [0.2, 0.25) is 0 Å². The van der Waals surface area contributed by atoms with E-state index in [9.17, 15) is 0 Å². The first-order chi connectivity index (χ1) is 22.2. The molecule has 5 heteroatoms. The average Bonchev–Trinajstić information content (AvgIpc) is 3.89. The van der Waals surface area contributed by atoms with Crippen molar-refractivity contribution in [2.75, 3.05) is 98.2 Å². The van der Waals surface area contributed by atoms with Gasteiger partial charge in [-0.3, -0.25) is 24.5 Å². The molecule has 1 aliphatic heterocycles. The van der Waals surface area contributed by atoms with Gasteiger partial charge in [0.25, 0.3) is 0 Å². The van der Waals surface area contributed by atoms with E-state index in [0.29, 0.717) is 0 Å². The molecule has 5 aliphatic carbocycles. The van der Waals surface area contributed by atoms with Gasteiger partial charge >= 0.3 is 0 Å². The van der Waals surface area contributed by atoms with Gasteiger partial charge in [-0.25, -0.2) is 0 Å². The molecule has 1 fully saturated rings. The Morgan fingerprint density at radius 3 is 0.622 bits per heavy atom. The Balaban J connectivity index is 1.23. The van der Waals surface area contributed by atoms with Gasteiger partial charge in [0.15, 0.2) is 0 Å². The second-order valence-electron chi connectivity index (χ2n) is 12.4. The second kappa shape index (κ2) is 16.4. The number of allylic oxidation sites excluding steroid dienone is 5. The fraction of sp³-hybridized carbons (Fsp3) is 0.375. The lowest BCUT2D eigenvalue weighted by molar-refractivity contribution is 0.184. The maximum absolute atomic E-state index is 3.45. The van der Waals surface area contributed by atoms with Crippen LogP contribution >= 0.6 is 0 Å². The first-order valence-electron chi connectivity index (χ1n) is 16.5. The first-order valence-corrected chi connectivity index (χ1v) is 16.5. The van der Waals surface area contributed by atoms with Gasteiger partial charge in [-0.15, -0.1) is 28.7 Å². The number of hydrogen-bond donors (Lipinski definition) is 0. The molecule has 1 saturated heterocycles. The van der Waals surface area contributed by atoms with E-state index in [0.717, 1.165) is 98.2 Å². The Morgan fingerprint density at radius 2 is 0.489 bits per heavy atom. The monoisotopic (exact) mass is 595 g/mol. The van der Waals surface area contributed by atoms with E-state index in [4.69, 9.17) is 0 Å². The highest BCUT2D eigenvalue weighted by atomic mass is 15.3. The number of hydrogen-bond acceptors (Lipinski definition) is 5. The minimum Gasteiger partial charge on any atom is -0.296 e. The number of rotatable bonds is 10. The fourth-order valence-corrected chi connectivity index (χ4v) is 6.30. The molecule has 1 heterocycles. The van der Waals surface area contributed by atoms with E-state index in [1.807, 2.05) is 30.4 Å². The van der Waals surface area contributed by atoms with Crippen LogP contribution in [0.4, 0.5) is 0 Å². The van der Waals surface area contributed by atoms with Gasteiger partial charge in [0.1, 0.15) is 0 Å². The molecule has 0 aromatic carbocycles. The highest BCUT2D eigenvalue weighted by Gasteiger charge is 2.19. The molecule has 0 radical (unpaired) electrons. The Morgan fingerprint density at radius 1 is 0.311 bits per heavy atom. The van der Waals surface area contributed by atoms with Crippen molar-refractivity contribution in [3.63, 3.8) is 0 Å². The minimum atomic E-state index is 0.928. The minimum absolute atomic E-state index is 0.928. The molecule has 6 aliphatic rings. The van der Waals surface area contributed by atoms with E-state index in [1.54, 1.807) is 0 Å². The lowest BCUT2D eigenvalue weighted by atomic mass is 10.2. The summed E-state index contributed by atoms with van der Waals surface area (Å²) in [6, 6.07) is 0. The van der Waals surface area contributed by atoms with E-state index >= 15 is 0 Å². The fourth-order valence-electron chi connectivity index (χ4n) is 6.30. The molecule has 0 amide bonds. The molecule has 0 atom stereocenters. The SMILES string of the molecule is C1=CC=CC=1CN1CCN(CC2=C=CC=C2)CCN(CC2=C=CC=C2)CCN(CC2=C=CC=C2)CCN(CC2=C=CC=C2)CC1. The molecule has 5 nitrogen and oxygen atoms in total. The van der Waals surface area contributed by atoms with E-state index < -0.39 is 0 Å². The quantitative estimate of drug-likeness (QED) is 0.338. The predicted octanol–water partition coefficient (Wildman–Crippen LogP) is 4.77. The normalized spacial score (nSPS) is 22.9. The molecular formula is C40H45N5. The zero-order chi connectivity index (χ0) is 30.5. The summed E-state index contributed by atoms with van der Waals surface area (Å²) in [5, 5.41) is 0. The van der Waals surface area contributed by atoms with Gasteiger partial charge < -0.3 is 0 Å². The van der Waals surface area contributed by atoms with Crippen LogP contribution < -0.4 is 0 Å². The van der Waals surface area contributed by atoms with Crippen LogP contribution in [0.5, 0.6) is 0 Å². The van der Waals surface area contributed by atoms with Gasteiger partial charge in [-0.05, 0) is 60.8 Å². The summed E-state index contributed by atoms with van der Waals surface area (Å²) in [6.07, 6.45) is 31.8. The van der Waals surface area contributed by atoms with Crippen LogP contribution in [0.25, 0.3) is 0 Å². The van der Waals surface area contributed by atoms with Gasteiger partial charge in [-0.1, -0.05) is 30.4 Å². The molecule has 0 aromatic rings. The third-order valence-corrected chi connectivity index (χ3v) is 8.94. The van der Waals surface area contributed by atoms with E-state index in [1.165, 1.54) is 27.9 Å². The Bertz CT molecular complexity index is 1290. The largest absolute Gasteiger partial charge is 0.296 e. The molecule has 0 spiro atoms. The lowest BCUT2D eigenvalue weighted by Crippen LogP contribution is -2.43. The average molecular weight is 596 g/mol. The summed E-state index contributed by atoms with van der Waals surface area (Å²) in [7, 11) is 0. The van der Waals surface area contributed by atoms with Crippen molar-refractivity contribution in [3.05, 3.63) is 148 Å². The van der Waals surface area contributed by atoms with Crippen molar-refractivity contribution in [1.29, 1.82) is 0 Å². The highest BCUT2D eigenvalue weighted by Crippen LogP contribution is 2.13. The highest BCUT2D eigenvalue weighted by molar-refractivity contribution is 5.33. The number of nitrogens with zero attached hydrogens (tertiary/aromatic N) is 5. The topological polar surface area (TPSA) is 16.2 Å². The summed E-state index contributed by atoms with van der Waals surface area (Å²) in [5.74, 6) is 0. The van der Waals surface area contributed by atoms with E-state index in [-0.39, 0.29) is 0 Å².